The third kappa shape index (κ3) is 4.15. The molecule has 0 unspecified atom stereocenters. The Morgan fingerprint density at radius 2 is 2.22 bits per heavy atom. The van der Waals surface area contributed by atoms with Crippen LogP contribution >= 0.6 is 12.6 Å². The molecule has 0 heterocycles. The third-order valence-corrected chi connectivity index (χ3v) is 1.38. The normalized spacial score (nSPS) is 11.6. The second-order valence-corrected chi connectivity index (χ2v) is 2.30. The van der Waals surface area contributed by atoms with E-state index < -0.39 is 0 Å². The first-order valence-corrected chi connectivity index (χ1v) is 3.45. The van der Waals surface area contributed by atoms with Crippen molar-refractivity contribution in [1.82, 2.24) is 0 Å². The summed E-state index contributed by atoms with van der Waals surface area (Å²) in [6.07, 6.45) is 3.32. The quantitative estimate of drug-likeness (QED) is 0.555. The number of hydrogen-bond donors (Lipinski definition) is 0. The molecular formula is C7H11OS. The predicted molar refractivity (Wildman–Crippen MR) is 41.3 cm³/mol. The van der Waals surface area contributed by atoms with Crippen molar-refractivity contribution in [1.29, 1.82) is 0 Å². The minimum Gasteiger partial charge on any atom is -0.282 e. The Balaban J connectivity index is 3.71. The van der Waals surface area contributed by atoms with Crippen LogP contribution in [0.4, 0.5) is 0 Å². The van der Waals surface area contributed by atoms with E-state index in [1.165, 1.54) is 0 Å². The van der Waals surface area contributed by atoms with Gasteiger partial charge in [-0.25, -0.2) is 0 Å². The molecule has 1 nitrogen and oxygen atoms in total. The van der Waals surface area contributed by atoms with Crippen molar-refractivity contribution in [2.45, 2.75) is 26.7 Å². The average Bonchev–Trinajstić information content (AvgIpc) is 1.82. The van der Waals surface area contributed by atoms with Gasteiger partial charge in [0.25, 0.3) is 0 Å². The maximum absolute atomic E-state index is 10.3. The topological polar surface area (TPSA) is 17.1 Å². The molecule has 0 fully saturated rings. The minimum absolute atomic E-state index is 0.162. The first-order chi connectivity index (χ1) is 4.20. The van der Waals surface area contributed by atoms with Crippen LogP contribution in [0.2, 0.25) is 0 Å². The van der Waals surface area contributed by atoms with Crippen molar-refractivity contribution < 1.29 is 4.79 Å². The highest BCUT2D eigenvalue weighted by Gasteiger charge is 1.97. The van der Waals surface area contributed by atoms with Gasteiger partial charge < -0.3 is 0 Å². The SMILES string of the molecule is CC=C(CC)CC(=O)[S]. The standard InChI is InChI=1S/C7H11OS/c1-3-6(4-2)5-7(8)9/h3H,4-5H2,1-2H3. The lowest BCUT2D eigenvalue weighted by atomic mass is 10.1. The van der Waals surface area contributed by atoms with Crippen LogP contribution in [0.1, 0.15) is 26.7 Å². The fourth-order valence-corrected chi connectivity index (χ4v) is 0.802. The highest BCUT2D eigenvalue weighted by atomic mass is 32.1. The zero-order valence-corrected chi connectivity index (χ0v) is 6.62. The monoisotopic (exact) mass is 143 g/mol. The smallest absolute Gasteiger partial charge is 0.222 e. The van der Waals surface area contributed by atoms with E-state index in [-0.39, 0.29) is 5.12 Å². The predicted octanol–water partition coefficient (Wildman–Crippen LogP) is 2.46. The summed E-state index contributed by atoms with van der Waals surface area (Å²) in [6.45, 7) is 3.95. The van der Waals surface area contributed by atoms with Crippen LogP contribution in [0.15, 0.2) is 11.6 Å². The van der Waals surface area contributed by atoms with Crippen LogP contribution in [0, 0.1) is 0 Å². The van der Waals surface area contributed by atoms with Gasteiger partial charge in [0, 0.05) is 6.42 Å². The number of allylic oxidation sites excluding steroid dienone is 2. The first-order valence-electron chi connectivity index (χ1n) is 3.04. The summed E-state index contributed by atoms with van der Waals surface area (Å²) in [5, 5.41) is -0.162. The molecule has 2 heteroatoms. The molecule has 0 aliphatic carbocycles. The molecule has 0 bridgehead atoms. The fourth-order valence-electron chi connectivity index (χ4n) is 0.617. The van der Waals surface area contributed by atoms with E-state index in [4.69, 9.17) is 0 Å². The Labute approximate surface area is 61.6 Å². The summed E-state index contributed by atoms with van der Waals surface area (Å²) < 4.78 is 0. The highest BCUT2D eigenvalue weighted by Crippen LogP contribution is 2.07. The maximum atomic E-state index is 10.3. The summed E-state index contributed by atoms with van der Waals surface area (Å²) in [4.78, 5) is 10.3. The molecule has 0 aromatic carbocycles. The van der Waals surface area contributed by atoms with E-state index in [0.717, 1.165) is 12.0 Å². The van der Waals surface area contributed by atoms with Gasteiger partial charge in [0.15, 0.2) is 0 Å². The van der Waals surface area contributed by atoms with Gasteiger partial charge in [-0.15, -0.1) is 0 Å². The van der Waals surface area contributed by atoms with Crippen LogP contribution in [0.5, 0.6) is 0 Å². The lowest BCUT2D eigenvalue weighted by Crippen LogP contribution is -1.88. The Kier molecular flexibility index (Phi) is 4.32. The summed E-state index contributed by atoms with van der Waals surface area (Å²) in [7, 11) is 0. The molecule has 0 atom stereocenters. The zero-order valence-electron chi connectivity index (χ0n) is 5.81. The van der Waals surface area contributed by atoms with Crippen molar-refractivity contribution in [3.8, 4) is 0 Å². The Bertz CT molecular complexity index is 127. The van der Waals surface area contributed by atoms with Gasteiger partial charge >= 0.3 is 0 Å². The van der Waals surface area contributed by atoms with E-state index in [9.17, 15) is 4.79 Å². The molecule has 0 spiro atoms. The molecule has 0 aromatic rings. The van der Waals surface area contributed by atoms with E-state index in [1.54, 1.807) is 0 Å². The molecule has 0 saturated heterocycles. The number of carbonyl (C=O) groups is 1. The maximum Gasteiger partial charge on any atom is 0.222 e. The van der Waals surface area contributed by atoms with Crippen LogP contribution < -0.4 is 0 Å². The van der Waals surface area contributed by atoms with Crippen LogP contribution in [0.25, 0.3) is 0 Å². The molecule has 51 valence electrons. The van der Waals surface area contributed by atoms with Crippen molar-refractivity contribution >= 4 is 17.7 Å². The number of rotatable bonds is 3. The second-order valence-electron chi connectivity index (χ2n) is 1.85. The van der Waals surface area contributed by atoms with Crippen molar-refractivity contribution in [2.75, 3.05) is 0 Å². The molecule has 0 aromatic heterocycles. The van der Waals surface area contributed by atoms with Crippen LogP contribution in [-0.2, 0) is 4.79 Å². The van der Waals surface area contributed by atoms with Gasteiger partial charge in [-0.2, -0.15) is 0 Å². The highest BCUT2D eigenvalue weighted by molar-refractivity contribution is 7.96. The summed E-state index contributed by atoms with van der Waals surface area (Å²) in [6, 6.07) is 0. The van der Waals surface area contributed by atoms with Gasteiger partial charge in [0.2, 0.25) is 5.12 Å². The van der Waals surface area contributed by atoms with Crippen molar-refractivity contribution in [3.05, 3.63) is 11.6 Å². The molecule has 0 saturated carbocycles. The first kappa shape index (κ1) is 8.63. The Morgan fingerprint density at radius 1 is 1.67 bits per heavy atom. The zero-order chi connectivity index (χ0) is 7.28. The van der Waals surface area contributed by atoms with E-state index in [2.05, 4.69) is 12.6 Å². The summed E-state index contributed by atoms with van der Waals surface area (Å²) >= 11 is 4.41. The third-order valence-electron chi connectivity index (χ3n) is 1.23. The van der Waals surface area contributed by atoms with Gasteiger partial charge in [-0.05, 0) is 26.0 Å². The van der Waals surface area contributed by atoms with Crippen LogP contribution in [-0.4, -0.2) is 5.12 Å². The van der Waals surface area contributed by atoms with Crippen molar-refractivity contribution in [3.63, 3.8) is 0 Å². The Morgan fingerprint density at radius 3 is 2.33 bits per heavy atom. The number of carbonyl (C=O) groups excluding carboxylic acids is 1. The molecule has 0 aliphatic heterocycles. The van der Waals surface area contributed by atoms with E-state index in [0.29, 0.717) is 6.42 Å². The van der Waals surface area contributed by atoms with Gasteiger partial charge in [-0.1, -0.05) is 18.6 Å². The van der Waals surface area contributed by atoms with Gasteiger partial charge in [0.1, 0.15) is 0 Å². The summed E-state index contributed by atoms with van der Waals surface area (Å²) in [5.41, 5.74) is 1.13. The van der Waals surface area contributed by atoms with E-state index in [1.807, 2.05) is 19.9 Å². The second kappa shape index (κ2) is 4.50. The Hall–Kier alpha value is -0.370. The summed E-state index contributed by atoms with van der Waals surface area (Å²) in [5.74, 6) is 0. The van der Waals surface area contributed by atoms with Gasteiger partial charge in [-0.3, -0.25) is 4.79 Å². The largest absolute Gasteiger partial charge is 0.282 e. The van der Waals surface area contributed by atoms with Crippen LogP contribution in [0.3, 0.4) is 0 Å². The minimum atomic E-state index is -0.162. The van der Waals surface area contributed by atoms with Crippen molar-refractivity contribution in [2.24, 2.45) is 0 Å². The lowest BCUT2D eigenvalue weighted by Gasteiger charge is -1.95. The molecule has 0 amide bonds. The molecule has 0 aliphatic rings. The fraction of sp³-hybridized carbons (Fsp3) is 0.571. The lowest BCUT2D eigenvalue weighted by molar-refractivity contribution is -0.110. The molecule has 0 N–H and O–H groups in total. The molecule has 0 rings (SSSR count). The molecular weight excluding hydrogens is 132 g/mol. The van der Waals surface area contributed by atoms with Gasteiger partial charge in [0.05, 0.1) is 0 Å². The number of hydrogen-bond acceptors (Lipinski definition) is 1. The molecule has 9 heavy (non-hydrogen) atoms. The van der Waals surface area contributed by atoms with E-state index >= 15 is 0 Å². The average molecular weight is 143 g/mol. The molecule has 1 radical (unpaired) electrons.